The van der Waals surface area contributed by atoms with Crippen LogP contribution in [0.1, 0.15) is 12.8 Å². The Morgan fingerprint density at radius 1 is 1.15 bits per heavy atom. The van der Waals surface area contributed by atoms with Crippen molar-refractivity contribution in [3.05, 3.63) is 34.3 Å². The van der Waals surface area contributed by atoms with E-state index in [1.165, 1.54) is 12.1 Å². The average Bonchev–Trinajstić information content (AvgIpc) is 2.34. The van der Waals surface area contributed by atoms with Crippen LogP contribution in [0.5, 0.6) is 11.5 Å². The molecule has 1 aromatic carbocycles. The summed E-state index contributed by atoms with van der Waals surface area (Å²) in [5.41, 5.74) is 0. The van der Waals surface area contributed by atoms with Crippen molar-refractivity contribution in [1.29, 1.82) is 0 Å². The number of aromatic hydroxyl groups is 1. The van der Waals surface area contributed by atoms with Gasteiger partial charge in [-0.05, 0) is 12.8 Å². The van der Waals surface area contributed by atoms with E-state index in [0.717, 1.165) is 0 Å². The molecule has 0 aromatic heterocycles. The normalized spacial score (nSPS) is 10.4. The molecule has 1 aromatic rings. The summed E-state index contributed by atoms with van der Waals surface area (Å²) in [6.45, 7) is 0.629. The minimum absolute atomic E-state index is 0.0334. The predicted octanol–water partition coefficient (Wildman–Crippen LogP) is 4.66. The molecule has 3 nitrogen and oxygen atoms in total. The first-order chi connectivity index (χ1) is 9.50. The molecule has 0 fully saturated rings. The Bertz CT molecular complexity index is 440. The number of phenolic OH excluding ortho intramolecular Hbond substituents is 1. The maximum absolute atomic E-state index is 11.7. The van der Waals surface area contributed by atoms with Gasteiger partial charge in [-0.2, -0.15) is 8.78 Å². The van der Waals surface area contributed by atoms with E-state index in [1.54, 1.807) is 0 Å². The van der Waals surface area contributed by atoms with Crippen molar-refractivity contribution in [2.24, 2.45) is 0 Å². The summed E-state index contributed by atoms with van der Waals surface area (Å²) in [5, 5.41) is 9.71. The van der Waals surface area contributed by atoms with Crippen molar-refractivity contribution in [2.45, 2.75) is 12.8 Å². The van der Waals surface area contributed by atoms with Crippen LogP contribution >= 0.6 is 23.2 Å². The number of hydrogen-bond acceptors (Lipinski definition) is 3. The third-order valence-electron chi connectivity index (χ3n) is 2.27. The minimum atomic E-state index is -1.75. The Labute approximate surface area is 125 Å². The molecule has 0 atom stereocenters. The molecular weight excluding hydrogens is 313 g/mol. The Balaban J connectivity index is 2.20. The summed E-state index contributed by atoms with van der Waals surface area (Å²) in [4.78, 5) is 0. The lowest BCUT2D eigenvalue weighted by Crippen LogP contribution is -2.02. The van der Waals surface area contributed by atoms with Gasteiger partial charge in [-0.25, -0.2) is 0 Å². The molecule has 0 aliphatic rings. The summed E-state index contributed by atoms with van der Waals surface area (Å²) < 4.78 is 33.7. The van der Waals surface area contributed by atoms with E-state index in [4.69, 9.17) is 32.7 Å². The first-order valence-corrected chi connectivity index (χ1v) is 6.66. The third-order valence-corrected chi connectivity index (χ3v) is 2.83. The van der Waals surface area contributed by atoms with Crippen LogP contribution in [-0.2, 0) is 4.74 Å². The first-order valence-electron chi connectivity index (χ1n) is 5.90. The Kier molecular flexibility index (Phi) is 7.65. The third kappa shape index (κ3) is 6.41. The number of benzene rings is 1. The van der Waals surface area contributed by atoms with Crippen LogP contribution in [0.3, 0.4) is 0 Å². The van der Waals surface area contributed by atoms with E-state index in [0.29, 0.717) is 37.9 Å². The summed E-state index contributed by atoms with van der Waals surface area (Å²) in [7, 11) is 0. The van der Waals surface area contributed by atoms with Crippen LogP contribution in [0, 0.1) is 0 Å². The molecule has 1 rings (SSSR count). The molecule has 0 aliphatic carbocycles. The number of halogens is 4. The van der Waals surface area contributed by atoms with Crippen molar-refractivity contribution < 1.29 is 23.4 Å². The number of ether oxygens (including phenoxy) is 2. The second kappa shape index (κ2) is 9.00. The Hall–Kier alpha value is -1.04. The van der Waals surface area contributed by atoms with Crippen LogP contribution < -0.4 is 4.74 Å². The van der Waals surface area contributed by atoms with Crippen LogP contribution in [0.4, 0.5) is 8.78 Å². The maximum atomic E-state index is 11.7. The number of rotatable bonds is 8. The summed E-state index contributed by atoms with van der Waals surface area (Å²) in [6.07, 6.45) is 0.293. The number of phenols is 1. The van der Waals surface area contributed by atoms with E-state index < -0.39 is 6.08 Å². The van der Waals surface area contributed by atoms with Crippen molar-refractivity contribution in [2.75, 3.05) is 19.8 Å². The highest BCUT2D eigenvalue weighted by molar-refractivity contribution is 6.37. The fraction of sp³-hybridized carbons (Fsp3) is 0.385. The van der Waals surface area contributed by atoms with E-state index in [1.807, 2.05) is 0 Å². The monoisotopic (exact) mass is 326 g/mol. The van der Waals surface area contributed by atoms with Crippen molar-refractivity contribution >= 4 is 23.2 Å². The second-order valence-electron chi connectivity index (χ2n) is 3.86. The van der Waals surface area contributed by atoms with Gasteiger partial charge in [0.15, 0.2) is 5.75 Å². The summed E-state index contributed by atoms with van der Waals surface area (Å²) >= 11 is 11.7. The van der Waals surface area contributed by atoms with Gasteiger partial charge < -0.3 is 14.6 Å². The van der Waals surface area contributed by atoms with Gasteiger partial charge in [-0.15, -0.1) is 0 Å². The van der Waals surface area contributed by atoms with Crippen LogP contribution in [0.2, 0.25) is 10.0 Å². The zero-order valence-corrected chi connectivity index (χ0v) is 12.1. The maximum Gasteiger partial charge on any atom is 0.268 e. The summed E-state index contributed by atoms with van der Waals surface area (Å²) in [5.74, 6) is 0.281. The van der Waals surface area contributed by atoms with Crippen molar-refractivity contribution in [1.82, 2.24) is 0 Å². The zero-order chi connectivity index (χ0) is 15.0. The Morgan fingerprint density at radius 3 is 2.35 bits per heavy atom. The predicted molar refractivity (Wildman–Crippen MR) is 74.0 cm³/mol. The van der Waals surface area contributed by atoms with Gasteiger partial charge in [0.2, 0.25) is 0 Å². The van der Waals surface area contributed by atoms with Crippen LogP contribution in [0.25, 0.3) is 0 Å². The largest absolute Gasteiger partial charge is 0.508 e. The molecule has 0 bridgehead atoms. The lowest BCUT2D eigenvalue weighted by molar-refractivity contribution is 0.149. The topological polar surface area (TPSA) is 38.7 Å². The standard InChI is InChI=1S/C13H14Cl2F2O3/c14-10-7-9(18)8-11(15)13(10)20-5-2-1-4-19-6-3-12(16)17/h3,7-8,18H,1-2,4-6H2. The lowest BCUT2D eigenvalue weighted by Gasteiger charge is -2.10. The summed E-state index contributed by atoms with van der Waals surface area (Å²) in [6, 6.07) is 2.67. The second-order valence-corrected chi connectivity index (χ2v) is 4.68. The lowest BCUT2D eigenvalue weighted by atomic mass is 10.3. The molecule has 1 N–H and O–H groups in total. The van der Waals surface area contributed by atoms with Crippen molar-refractivity contribution in [3.8, 4) is 11.5 Å². The number of unbranched alkanes of at least 4 members (excludes halogenated alkanes) is 1. The highest BCUT2D eigenvalue weighted by Gasteiger charge is 2.09. The molecule has 0 radical (unpaired) electrons. The van der Waals surface area contributed by atoms with Gasteiger partial charge in [-0.3, -0.25) is 0 Å². The van der Waals surface area contributed by atoms with E-state index in [2.05, 4.69) is 0 Å². The molecule has 0 saturated carbocycles. The Morgan fingerprint density at radius 2 is 1.75 bits per heavy atom. The van der Waals surface area contributed by atoms with Crippen molar-refractivity contribution in [3.63, 3.8) is 0 Å². The molecule has 7 heteroatoms. The molecular formula is C13H14Cl2F2O3. The molecule has 112 valence electrons. The minimum Gasteiger partial charge on any atom is -0.508 e. The van der Waals surface area contributed by atoms with E-state index in [9.17, 15) is 13.9 Å². The molecule has 0 spiro atoms. The first kappa shape index (κ1) is 17.0. The molecule has 0 heterocycles. The highest BCUT2D eigenvalue weighted by atomic mass is 35.5. The van der Waals surface area contributed by atoms with Gasteiger partial charge in [0.1, 0.15) is 5.75 Å². The van der Waals surface area contributed by atoms with Gasteiger partial charge in [-0.1, -0.05) is 23.2 Å². The molecule has 0 unspecified atom stereocenters. The number of hydrogen-bond donors (Lipinski definition) is 1. The van der Waals surface area contributed by atoms with Gasteiger partial charge in [0.05, 0.1) is 23.3 Å². The van der Waals surface area contributed by atoms with Gasteiger partial charge >= 0.3 is 0 Å². The SMILES string of the molecule is Oc1cc(Cl)c(OCCCCOCC=C(F)F)c(Cl)c1. The van der Waals surface area contributed by atoms with Crippen LogP contribution in [-0.4, -0.2) is 24.9 Å². The average molecular weight is 327 g/mol. The zero-order valence-electron chi connectivity index (χ0n) is 10.5. The van der Waals surface area contributed by atoms with Gasteiger partial charge in [0, 0.05) is 24.8 Å². The molecule has 0 aliphatic heterocycles. The molecule has 20 heavy (non-hydrogen) atoms. The molecule has 0 amide bonds. The van der Waals surface area contributed by atoms with Gasteiger partial charge in [0.25, 0.3) is 6.08 Å². The van der Waals surface area contributed by atoms with E-state index in [-0.39, 0.29) is 22.4 Å². The smallest absolute Gasteiger partial charge is 0.268 e. The van der Waals surface area contributed by atoms with Crippen LogP contribution in [0.15, 0.2) is 24.3 Å². The highest BCUT2D eigenvalue weighted by Crippen LogP contribution is 2.36. The quantitative estimate of drug-likeness (QED) is 0.706. The fourth-order valence-corrected chi connectivity index (χ4v) is 1.95. The van der Waals surface area contributed by atoms with E-state index >= 15 is 0 Å². The molecule has 0 saturated heterocycles. The fourth-order valence-electron chi connectivity index (χ4n) is 1.37.